The number of halogens is 7. The van der Waals surface area contributed by atoms with Crippen molar-refractivity contribution in [1.82, 2.24) is 4.98 Å². The summed E-state index contributed by atoms with van der Waals surface area (Å²) >= 11 is 10.4. The first-order chi connectivity index (χ1) is 8.67. The largest absolute Gasteiger partial charge is 0.574 e. The lowest BCUT2D eigenvalue weighted by atomic mass is 10.1. The lowest BCUT2D eigenvalue weighted by Crippen LogP contribution is -2.20. The summed E-state index contributed by atoms with van der Waals surface area (Å²) in [5.74, 6) is -1.81. The Labute approximate surface area is 113 Å². The van der Waals surface area contributed by atoms with Gasteiger partial charge < -0.3 is 4.74 Å². The van der Waals surface area contributed by atoms with E-state index in [0.29, 0.717) is 6.20 Å². The predicted molar refractivity (Wildman–Crippen MR) is 55.6 cm³/mol. The molecule has 1 aromatic heterocycles. The molecular weight excluding hydrogens is 320 g/mol. The van der Waals surface area contributed by atoms with Gasteiger partial charge in [0.1, 0.15) is 5.56 Å². The minimum Gasteiger partial charge on any atom is -0.387 e. The first kappa shape index (κ1) is 15.9. The van der Waals surface area contributed by atoms with Gasteiger partial charge in [0, 0.05) is 17.6 Å². The Morgan fingerprint density at radius 1 is 1.42 bits per heavy atom. The van der Waals surface area contributed by atoms with Crippen molar-refractivity contribution in [1.29, 1.82) is 0 Å². The number of nitrogens with zero attached hydrogens (tertiary/aromatic N) is 1. The smallest absolute Gasteiger partial charge is 0.387 e. The van der Waals surface area contributed by atoms with Crippen LogP contribution in [0.15, 0.2) is 6.20 Å². The van der Waals surface area contributed by atoms with Crippen LogP contribution in [0.1, 0.15) is 27.9 Å². The second-order valence-corrected chi connectivity index (χ2v) is 3.74. The Morgan fingerprint density at radius 2 is 2.00 bits per heavy atom. The van der Waals surface area contributed by atoms with E-state index >= 15 is 0 Å². The highest BCUT2D eigenvalue weighted by Gasteiger charge is 2.36. The van der Waals surface area contributed by atoms with Crippen molar-refractivity contribution in [2.45, 2.75) is 18.7 Å². The van der Waals surface area contributed by atoms with Crippen LogP contribution in [-0.4, -0.2) is 16.6 Å². The number of rotatable bonds is 4. The lowest BCUT2D eigenvalue weighted by molar-refractivity contribution is -0.276. The molecule has 1 heterocycles. The number of pyridine rings is 1. The maximum absolute atomic E-state index is 12.8. The standard InChI is InChI=1S/C9H4Cl2F5NO2/c10-1-3-2-17-8(19-9(14,15)16)5(6(11)18)4(3)7(12)13/h2,7H,1H2. The van der Waals surface area contributed by atoms with E-state index in [-0.39, 0.29) is 5.56 Å². The fraction of sp³-hybridized carbons (Fsp3) is 0.333. The van der Waals surface area contributed by atoms with E-state index in [1.165, 1.54) is 0 Å². The Bertz CT molecular complexity index is 492. The molecule has 0 aliphatic rings. The third-order valence-corrected chi connectivity index (χ3v) is 2.41. The number of alkyl halides is 6. The van der Waals surface area contributed by atoms with E-state index < -0.39 is 40.9 Å². The van der Waals surface area contributed by atoms with Gasteiger partial charge in [0.05, 0.1) is 0 Å². The van der Waals surface area contributed by atoms with Crippen LogP contribution in [0.2, 0.25) is 0 Å². The molecule has 10 heteroatoms. The van der Waals surface area contributed by atoms with E-state index in [1.54, 1.807) is 0 Å². The van der Waals surface area contributed by atoms with Crippen LogP contribution in [-0.2, 0) is 5.88 Å². The molecule has 0 bridgehead atoms. The summed E-state index contributed by atoms with van der Waals surface area (Å²) in [7, 11) is 0. The summed E-state index contributed by atoms with van der Waals surface area (Å²) < 4.78 is 65.2. The second-order valence-electron chi connectivity index (χ2n) is 3.13. The highest BCUT2D eigenvalue weighted by Crippen LogP contribution is 2.35. The van der Waals surface area contributed by atoms with Crippen molar-refractivity contribution >= 4 is 28.4 Å². The van der Waals surface area contributed by atoms with Gasteiger partial charge in [-0.05, 0) is 17.2 Å². The zero-order valence-electron chi connectivity index (χ0n) is 8.77. The van der Waals surface area contributed by atoms with Gasteiger partial charge in [-0.2, -0.15) is 0 Å². The minimum atomic E-state index is -5.20. The van der Waals surface area contributed by atoms with Gasteiger partial charge in [-0.15, -0.1) is 24.8 Å². The molecule has 0 atom stereocenters. The number of ether oxygens (including phenoxy) is 1. The molecule has 0 spiro atoms. The van der Waals surface area contributed by atoms with Crippen molar-refractivity contribution < 1.29 is 31.5 Å². The molecule has 0 aromatic carbocycles. The third-order valence-electron chi connectivity index (χ3n) is 1.94. The molecule has 0 fully saturated rings. The predicted octanol–water partition coefficient (Wildman–Crippen LogP) is 4.04. The van der Waals surface area contributed by atoms with Gasteiger partial charge in [-0.25, -0.2) is 13.8 Å². The van der Waals surface area contributed by atoms with E-state index in [1.807, 2.05) is 0 Å². The maximum Gasteiger partial charge on any atom is 0.574 e. The molecule has 0 aliphatic heterocycles. The van der Waals surface area contributed by atoms with Gasteiger partial charge >= 0.3 is 6.36 Å². The first-order valence-corrected chi connectivity index (χ1v) is 5.40. The lowest BCUT2D eigenvalue weighted by Gasteiger charge is -2.15. The number of hydrogen-bond acceptors (Lipinski definition) is 3. The molecule has 106 valence electrons. The molecule has 1 aromatic rings. The fourth-order valence-corrected chi connectivity index (χ4v) is 1.67. The van der Waals surface area contributed by atoms with E-state index in [2.05, 4.69) is 9.72 Å². The SMILES string of the molecule is O=C(Cl)c1c(OC(F)(F)F)ncc(CCl)c1C(F)F. The summed E-state index contributed by atoms with van der Waals surface area (Å²) in [5, 5.41) is -1.55. The van der Waals surface area contributed by atoms with E-state index in [0.717, 1.165) is 0 Å². The summed E-state index contributed by atoms with van der Waals surface area (Å²) in [5.41, 5.74) is -2.48. The topological polar surface area (TPSA) is 39.2 Å². The molecule has 0 amide bonds. The second kappa shape index (κ2) is 5.87. The van der Waals surface area contributed by atoms with E-state index in [4.69, 9.17) is 23.2 Å². The number of aromatic nitrogens is 1. The molecule has 0 unspecified atom stereocenters. The normalized spacial score (nSPS) is 11.8. The van der Waals surface area contributed by atoms with E-state index in [9.17, 15) is 26.7 Å². The monoisotopic (exact) mass is 323 g/mol. The molecule has 0 radical (unpaired) electrons. The van der Waals surface area contributed by atoms with Crippen LogP contribution in [0.5, 0.6) is 5.88 Å². The summed E-state index contributed by atoms with van der Waals surface area (Å²) in [6.07, 6.45) is -7.79. The summed E-state index contributed by atoms with van der Waals surface area (Å²) in [6.45, 7) is 0. The summed E-state index contributed by atoms with van der Waals surface area (Å²) in [6, 6.07) is 0. The third kappa shape index (κ3) is 3.90. The van der Waals surface area contributed by atoms with Gasteiger partial charge in [-0.3, -0.25) is 4.79 Å². The highest BCUT2D eigenvalue weighted by atomic mass is 35.5. The molecule has 0 aliphatic carbocycles. The van der Waals surface area contributed by atoms with Gasteiger partial charge in [0.15, 0.2) is 0 Å². The number of carbonyl (C=O) groups excluding carboxylic acids is 1. The van der Waals surface area contributed by atoms with Crippen LogP contribution in [0, 0.1) is 0 Å². The molecule has 3 nitrogen and oxygen atoms in total. The Balaban J connectivity index is 3.49. The zero-order valence-corrected chi connectivity index (χ0v) is 10.3. The Hall–Kier alpha value is -1.15. The average molecular weight is 324 g/mol. The molecule has 0 saturated carbocycles. The molecule has 19 heavy (non-hydrogen) atoms. The van der Waals surface area contributed by atoms with Crippen LogP contribution >= 0.6 is 23.2 Å². The van der Waals surface area contributed by atoms with Crippen LogP contribution < -0.4 is 4.74 Å². The molecule has 1 rings (SSSR count). The fourth-order valence-electron chi connectivity index (χ4n) is 1.28. The minimum absolute atomic E-state index is 0.310. The highest BCUT2D eigenvalue weighted by molar-refractivity contribution is 6.68. The van der Waals surface area contributed by atoms with Crippen LogP contribution in [0.3, 0.4) is 0 Å². The van der Waals surface area contributed by atoms with Gasteiger partial charge in [0.25, 0.3) is 11.7 Å². The van der Waals surface area contributed by atoms with Crippen molar-refractivity contribution in [2.75, 3.05) is 0 Å². The molecular formula is C9H4Cl2F5NO2. The quantitative estimate of drug-likeness (QED) is 0.477. The van der Waals surface area contributed by atoms with Crippen molar-refractivity contribution in [3.8, 4) is 5.88 Å². The van der Waals surface area contributed by atoms with Crippen LogP contribution in [0.25, 0.3) is 0 Å². The van der Waals surface area contributed by atoms with Crippen molar-refractivity contribution in [2.24, 2.45) is 0 Å². The summed E-state index contributed by atoms with van der Waals surface area (Å²) in [4.78, 5) is 14.2. The zero-order chi connectivity index (χ0) is 14.8. The number of carbonyl (C=O) groups is 1. The molecule has 0 N–H and O–H groups in total. The first-order valence-electron chi connectivity index (χ1n) is 4.48. The van der Waals surface area contributed by atoms with Crippen LogP contribution in [0.4, 0.5) is 22.0 Å². The van der Waals surface area contributed by atoms with Gasteiger partial charge in [-0.1, -0.05) is 0 Å². The Kier molecular flexibility index (Phi) is 4.92. The van der Waals surface area contributed by atoms with Crippen molar-refractivity contribution in [3.05, 3.63) is 22.9 Å². The maximum atomic E-state index is 12.8. The van der Waals surface area contributed by atoms with Crippen molar-refractivity contribution in [3.63, 3.8) is 0 Å². The van der Waals surface area contributed by atoms with Gasteiger partial charge in [0.2, 0.25) is 5.88 Å². The average Bonchev–Trinajstić information content (AvgIpc) is 2.25. The Morgan fingerprint density at radius 3 is 2.37 bits per heavy atom. The molecule has 0 saturated heterocycles. The number of hydrogen-bond donors (Lipinski definition) is 0.